The Bertz CT molecular complexity index is 506. The van der Waals surface area contributed by atoms with E-state index >= 15 is 0 Å². The van der Waals surface area contributed by atoms with E-state index in [9.17, 15) is 4.39 Å². The fourth-order valence-corrected chi connectivity index (χ4v) is 1.85. The van der Waals surface area contributed by atoms with E-state index in [4.69, 9.17) is 5.73 Å². The lowest BCUT2D eigenvalue weighted by molar-refractivity contribution is 0.628. The monoisotopic (exact) mass is 215 g/mol. The first kappa shape index (κ1) is 10.8. The predicted octanol–water partition coefficient (Wildman–Crippen LogP) is 3.26. The highest BCUT2D eigenvalue weighted by molar-refractivity contribution is 5.70. The molecule has 0 fully saturated rings. The van der Waals surface area contributed by atoms with Gasteiger partial charge in [-0.15, -0.1) is 0 Å². The van der Waals surface area contributed by atoms with E-state index in [2.05, 4.69) is 0 Å². The van der Waals surface area contributed by atoms with Gasteiger partial charge in [0.15, 0.2) is 0 Å². The normalized spacial score (nSPS) is 10.4. The van der Waals surface area contributed by atoms with Gasteiger partial charge in [-0.3, -0.25) is 0 Å². The minimum Gasteiger partial charge on any atom is -0.326 e. The molecule has 16 heavy (non-hydrogen) atoms. The molecule has 2 heteroatoms. The lowest BCUT2D eigenvalue weighted by Gasteiger charge is -2.10. The molecular weight excluding hydrogens is 201 g/mol. The first-order valence-corrected chi connectivity index (χ1v) is 5.27. The van der Waals surface area contributed by atoms with Gasteiger partial charge >= 0.3 is 0 Å². The summed E-state index contributed by atoms with van der Waals surface area (Å²) in [5, 5.41) is 0. The second kappa shape index (κ2) is 4.45. The van der Waals surface area contributed by atoms with Crippen LogP contribution in [0.15, 0.2) is 42.5 Å². The van der Waals surface area contributed by atoms with E-state index in [-0.39, 0.29) is 5.82 Å². The van der Waals surface area contributed by atoms with Crippen LogP contribution in [0.4, 0.5) is 4.39 Å². The van der Waals surface area contributed by atoms with E-state index in [1.54, 1.807) is 12.1 Å². The van der Waals surface area contributed by atoms with Gasteiger partial charge in [0.2, 0.25) is 0 Å². The molecule has 82 valence electrons. The maximum atomic E-state index is 13.2. The zero-order chi connectivity index (χ0) is 11.5. The van der Waals surface area contributed by atoms with Crippen molar-refractivity contribution in [3.8, 4) is 11.1 Å². The van der Waals surface area contributed by atoms with Gasteiger partial charge in [-0.25, -0.2) is 4.39 Å². The van der Waals surface area contributed by atoms with Gasteiger partial charge in [0, 0.05) is 6.54 Å². The highest BCUT2D eigenvalue weighted by Crippen LogP contribution is 2.27. The average Bonchev–Trinajstić information content (AvgIpc) is 2.32. The van der Waals surface area contributed by atoms with Crippen molar-refractivity contribution in [2.75, 3.05) is 0 Å². The summed E-state index contributed by atoms with van der Waals surface area (Å²) in [5.74, 6) is -0.215. The number of aryl methyl sites for hydroxylation is 1. The molecule has 0 unspecified atom stereocenters. The molecule has 1 nitrogen and oxygen atoms in total. The topological polar surface area (TPSA) is 26.0 Å². The van der Waals surface area contributed by atoms with E-state index in [1.807, 2.05) is 31.2 Å². The second-order valence-electron chi connectivity index (χ2n) is 3.82. The van der Waals surface area contributed by atoms with Crippen LogP contribution in [-0.2, 0) is 6.54 Å². The summed E-state index contributed by atoms with van der Waals surface area (Å²) in [7, 11) is 0. The van der Waals surface area contributed by atoms with Gasteiger partial charge in [0.1, 0.15) is 5.82 Å². The summed E-state index contributed by atoms with van der Waals surface area (Å²) < 4.78 is 13.2. The molecule has 0 bridgehead atoms. The van der Waals surface area contributed by atoms with E-state index in [0.29, 0.717) is 6.54 Å². The van der Waals surface area contributed by atoms with Crippen molar-refractivity contribution in [1.82, 2.24) is 0 Å². The summed E-state index contributed by atoms with van der Waals surface area (Å²) in [5.41, 5.74) is 9.71. The van der Waals surface area contributed by atoms with Crippen molar-refractivity contribution in [3.05, 3.63) is 59.4 Å². The van der Waals surface area contributed by atoms with Gasteiger partial charge in [0.25, 0.3) is 0 Å². The average molecular weight is 215 g/mol. The summed E-state index contributed by atoms with van der Waals surface area (Å²) >= 11 is 0. The molecule has 2 rings (SSSR count). The van der Waals surface area contributed by atoms with Crippen molar-refractivity contribution in [3.63, 3.8) is 0 Å². The summed E-state index contributed by atoms with van der Waals surface area (Å²) in [6.07, 6.45) is 0. The molecular formula is C14H14FN. The van der Waals surface area contributed by atoms with Crippen LogP contribution in [0.5, 0.6) is 0 Å². The maximum Gasteiger partial charge on any atom is 0.123 e. The molecule has 2 aromatic carbocycles. The highest BCUT2D eigenvalue weighted by atomic mass is 19.1. The van der Waals surface area contributed by atoms with Gasteiger partial charge in [-0.05, 0) is 41.3 Å². The largest absolute Gasteiger partial charge is 0.326 e. The number of benzene rings is 2. The fraction of sp³-hybridized carbons (Fsp3) is 0.143. The van der Waals surface area contributed by atoms with Crippen molar-refractivity contribution < 1.29 is 4.39 Å². The Balaban J connectivity index is 2.62. The molecule has 0 saturated heterocycles. The van der Waals surface area contributed by atoms with Crippen molar-refractivity contribution in [2.24, 2.45) is 5.73 Å². The van der Waals surface area contributed by atoms with Crippen LogP contribution < -0.4 is 5.73 Å². The standard InChI is InChI=1S/C14H14FN/c1-10-6-7-12(15)8-14(10)13-5-3-2-4-11(13)9-16/h2-8H,9,16H2,1H3. The Hall–Kier alpha value is -1.67. The molecule has 0 aliphatic heterocycles. The smallest absolute Gasteiger partial charge is 0.123 e. The number of hydrogen-bond acceptors (Lipinski definition) is 1. The molecule has 2 N–H and O–H groups in total. The Morgan fingerprint density at radius 2 is 1.81 bits per heavy atom. The molecule has 0 aromatic heterocycles. The van der Waals surface area contributed by atoms with Crippen LogP contribution in [0.1, 0.15) is 11.1 Å². The van der Waals surface area contributed by atoms with E-state index in [1.165, 1.54) is 6.07 Å². The predicted molar refractivity (Wildman–Crippen MR) is 64.5 cm³/mol. The lowest BCUT2D eigenvalue weighted by Crippen LogP contribution is -1.99. The number of nitrogens with two attached hydrogens (primary N) is 1. The molecule has 0 atom stereocenters. The van der Waals surface area contributed by atoms with Crippen LogP contribution >= 0.6 is 0 Å². The van der Waals surface area contributed by atoms with Gasteiger partial charge < -0.3 is 5.73 Å². The quantitative estimate of drug-likeness (QED) is 0.817. The molecule has 0 aliphatic carbocycles. The van der Waals surface area contributed by atoms with Gasteiger partial charge in [-0.2, -0.15) is 0 Å². The van der Waals surface area contributed by atoms with Crippen molar-refractivity contribution >= 4 is 0 Å². The van der Waals surface area contributed by atoms with Crippen LogP contribution in [0.25, 0.3) is 11.1 Å². The second-order valence-corrected chi connectivity index (χ2v) is 3.82. The van der Waals surface area contributed by atoms with Crippen LogP contribution in [-0.4, -0.2) is 0 Å². The molecule has 0 saturated carbocycles. The van der Waals surface area contributed by atoms with Crippen molar-refractivity contribution in [2.45, 2.75) is 13.5 Å². The summed E-state index contributed by atoms with van der Waals surface area (Å²) in [6.45, 7) is 2.44. The fourth-order valence-electron chi connectivity index (χ4n) is 1.85. The highest BCUT2D eigenvalue weighted by Gasteiger charge is 2.06. The van der Waals surface area contributed by atoms with Crippen LogP contribution in [0.2, 0.25) is 0 Å². The van der Waals surface area contributed by atoms with Gasteiger partial charge in [0.05, 0.1) is 0 Å². The third-order valence-corrected chi connectivity index (χ3v) is 2.73. The first-order valence-electron chi connectivity index (χ1n) is 5.27. The SMILES string of the molecule is Cc1ccc(F)cc1-c1ccccc1CN. The van der Waals surface area contributed by atoms with Gasteiger partial charge in [-0.1, -0.05) is 30.3 Å². The first-order chi connectivity index (χ1) is 7.72. The van der Waals surface area contributed by atoms with Crippen LogP contribution in [0, 0.1) is 12.7 Å². The minimum atomic E-state index is -0.215. The third-order valence-electron chi connectivity index (χ3n) is 2.73. The Labute approximate surface area is 94.7 Å². The molecule has 0 spiro atoms. The zero-order valence-corrected chi connectivity index (χ0v) is 9.20. The van der Waals surface area contributed by atoms with Crippen LogP contribution in [0.3, 0.4) is 0 Å². The molecule has 0 heterocycles. The molecule has 0 amide bonds. The third kappa shape index (κ3) is 1.97. The van der Waals surface area contributed by atoms with Crippen molar-refractivity contribution in [1.29, 1.82) is 0 Å². The lowest BCUT2D eigenvalue weighted by atomic mass is 9.96. The molecule has 0 radical (unpaired) electrons. The Kier molecular flexibility index (Phi) is 3.02. The molecule has 0 aliphatic rings. The number of halogens is 1. The molecule has 2 aromatic rings. The minimum absolute atomic E-state index is 0.215. The number of hydrogen-bond donors (Lipinski definition) is 1. The summed E-state index contributed by atoms with van der Waals surface area (Å²) in [6, 6.07) is 12.7. The van der Waals surface area contributed by atoms with E-state index < -0.39 is 0 Å². The summed E-state index contributed by atoms with van der Waals surface area (Å²) in [4.78, 5) is 0. The Morgan fingerprint density at radius 1 is 1.06 bits per heavy atom. The number of rotatable bonds is 2. The Morgan fingerprint density at radius 3 is 2.56 bits per heavy atom. The van der Waals surface area contributed by atoms with E-state index in [0.717, 1.165) is 22.3 Å². The zero-order valence-electron chi connectivity index (χ0n) is 9.20. The maximum absolute atomic E-state index is 13.2.